The predicted octanol–water partition coefficient (Wildman–Crippen LogP) is 3.33. The second kappa shape index (κ2) is 4.98. The number of fused-ring (bicyclic) bond motifs is 1. The predicted molar refractivity (Wildman–Crippen MR) is 78.6 cm³/mol. The molecule has 3 aromatic rings. The average molecular weight is 260 g/mol. The molecule has 4 nitrogen and oxygen atoms in total. The summed E-state index contributed by atoms with van der Waals surface area (Å²) in [4.78, 5) is 11.6. The molecule has 96 valence electrons. The number of nitriles is 1. The molecule has 0 aliphatic rings. The molecule has 0 spiro atoms. The van der Waals surface area contributed by atoms with Crippen molar-refractivity contribution in [3.05, 3.63) is 59.5 Å². The summed E-state index contributed by atoms with van der Waals surface area (Å²) >= 11 is 0. The second-order valence-corrected chi connectivity index (χ2v) is 4.54. The van der Waals surface area contributed by atoms with Gasteiger partial charge in [0.1, 0.15) is 6.07 Å². The van der Waals surface area contributed by atoms with E-state index in [2.05, 4.69) is 21.0 Å². The van der Waals surface area contributed by atoms with E-state index in [4.69, 9.17) is 0 Å². The molecule has 0 bridgehead atoms. The number of benzene rings is 1. The molecule has 0 fully saturated rings. The number of hydrogen-bond acceptors (Lipinski definition) is 3. The van der Waals surface area contributed by atoms with Gasteiger partial charge in [0, 0.05) is 6.20 Å². The van der Waals surface area contributed by atoms with E-state index in [1.54, 1.807) is 6.20 Å². The summed E-state index contributed by atoms with van der Waals surface area (Å²) in [5.74, 6) is 0.543. The van der Waals surface area contributed by atoms with Crippen LogP contribution in [0.25, 0.3) is 22.8 Å². The van der Waals surface area contributed by atoms with E-state index < -0.39 is 0 Å². The highest BCUT2D eigenvalue weighted by molar-refractivity contribution is 5.89. The van der Waals surface area contributed by atoms with Crippen LogP contribution in [0.4, 0.5) is 0 Å². The van der Waals surface area contributed by atoms with Gasteiger partial charge in [-0.1, -0.05) is 29.8 Å². The maximum absolute atomic E-state index is 9.32. The third-order valence-electron chi connectivity index (χ3n) is 3.02. The Kier molecular flexibility index (Phi) is 3.02. The molecule has 1 aromatic carbocycles. The average Bonchev–Trinajstić information content (AvgIpc) is 2.90. The minimum atomic E-state index is 0.492. The summed E-state index contributed by atoms with van der Waals surface area (Å²) in [6.45, 7) is 2.03. The lowest BCUT2D eigenvalue weighted by molar-refractivity contribution is 1.25. The molecule has 0 saturated heterocycles. The number of pyridine rings is 1. The van der Waals surface area contributed by atoms with Crippen LogP contribution in [0, 0.1) is 18.3 Å². The maximum Gasteiger partial charge on any atom is 0.178 e. The summed E-state index contributed by atoms with van der Waals surface area (Å²) in [5, 5.41) is 9.32. The molecule has 0 radical (unpaired) electrons. The molecular weight excluding hydrogens is 248 g/mol. The Balaban J connectivity index is 2.05. The highest BCUT2D eigenvalue weighted by atomic mass is 15.0. The van der Waals surface area contributed by atoms with E-state index in [9.17, 15) is 5.26 Å². The fourth-order valence-electron chi connectivity index (χ4n) is 1.96. The first-order valence-electron chi connectivity index (χ1n) is 6.26. The largest absolute Gasteiger partial charge is 0.336 e. The molecule has 2 aromatic heterocycles. The van der Waals surface area contributed by atoms with Crippen LogP contribution in [0.3, 0.4) is 0 Å². The van der Waals surface area contributed by atoms with Crippen LogP contribution in [0.15, 0.2) is 42.6 Å². The van der Waals surface area contributed by atoms with Gasteiger partial charge in [-0.25, -0.2) is 9.97 Å². The molecule has 0 unspecified atom stereocenters. The third kappa shape index (κ3) is 2.29. The summed E-state index contributed by atoms with van der Waals surface area (Å²) in [6, 6.07) is 13.9. The number of aromatic nitrogens is 3. The Bertz CT molecular complexity index is 787. The van der Waals surface area contributed by atoms with Crippen LogP contribution in [0.2, 0.25) is 0 Å². The Labute approximate surface area is 116 Å². The number of nitrogens with zero attached hydrogens (tertiary/aromatic N) is 3. The third-order valence-corrected chi connectivity index (χ3v) is 3.02. The van der Waals surface area contributed by atoms with Crippen molar-refractivity contribution in [3.63, 3.8) is 0 Å². The van der Waals surface area contributed by atoms with E-state index in [0.717, 1.165) is 11.1 Å². The first-order valence-corrected chi connectivity index (χ1v) is 6.26. The van der Waals surface area contributed by atoms with Crippen molar-refractivity contribution in [2.75, 3.05) is 0 Å². The number of aryl methyl sites for hydroxylation is 1. The van der Waals surface area contributed by atoms with Gasteiger partial charge in [-0.2, -0.15) is 5.26 Å². The van der Waals surface area contributed by atoms with Crippen molar-refractivity contribution in [2.24, 2.45) is 0 Å². The van der Waals surface area contributed by atoms with Crippen molar-refractivity contribution < 1.29 is 0 Å². The zero-order chi connectivity index (χ0) is 13.9. The number of allylic oxidation sites excluding steroid dienone is 1. The van der Waals surface area contributed by atoms with Gasteiger partial charge in [-0.3, -0.25) is 0 Å². The van der Waals surface area contributed by atoms with E-state index in [-0.39, 0.29) is 0 Å². The topological polar surface area (TPSA) is 65.4 Å². The van der Waals surface area contributed by atoms with Crippen molar-refractivity contribution >= 4 is 22.8 Å². The molecule has 0 aliphatic carbocycles. The van der Waals surface area contributed by atoms with E-state index in [0.29, 0.717) is 17.0 Å². The summed E-state index contributed by atoms with van der Waals surface area (Å²) in [7, 11) is 0. The Hall–Kier alpha value is -2.93. The number of rotatable bonds is 2. The van der Waals surface area contributed by atoms with Gasteiger partial charge >= 0.3 is 0 Å². The molecular formula is C16H12N4. The SMILES string of the molecule is Cc1ccc(/C=C(/C#N)c2nc3ncccc3[nH]2)cc1. The molecule has 1 N–H and O–H groups in total. The lowest BCUT2D eigenvalue weighted by Gasteiger charge is -1.96. The smallest absolute Gasteiger partial charge is 0.178 e. The Morgan fingerprint density at radius 2 is 2.05 bits per heavy atom. The number of H-pyrrole nitrogens is 1. The van der Waals surface area contributed by atoms with Crippen LogP contribution in [-0.2, 0) is 0 Å². The van der Waals surface area contributed by atoms with Crippen LogP contribution >= 0.6 is 0 Å². The van der Waals surface area contributed by atoms with E-state index in [1.165, 1.54) is 5.56 Å². The molecule has 0 atom stereocenters. The lowest BCUT2D eigenvalue weighted by Crippen LogP contribution is -1.85. The summed E-state index contributed by atoms with van der Waals surface area (Å²) < 4.78 is 0. The molecule has 4 heteroatoms. The van der Waals surface area contributed by atoms with E-state index >= 15 is 0 Å². The quantitative estimate of drug-likeness (QED) is 0.719. The van der Waals surface area contributed by atoms with Gasteiger partial charge in [-0.05, 0) is 30.7 Å². The van der Waals surface area contributed by atoms with Gasteiger partial charge in [0.05, 0.1) is 11.1 Å². The zero-order valence-corrected chi connectivity index (χ0v) is 11.0. The van der Waals surface area contributed by atoms with Crippen molar-refractivity contribution in [3.8, 4) is 6.07 Å². The normalized spacial score (nSPS) is 11.5. The number of hydrogen-bond donors (Lipinski definition) is 1. The number of aromatic amines is 1. The van der Waals surface area contributed by atoms with Crippen molar-refractivity contribution in [1.29, 1.82) is 5.26 Å². The molecule has 3 rings (SSSR count). The van der Waals surface area contributed by atoms with Crippen LogP contribution in [-0.4, -0.2) is 15.0 Å². The fourth-order valence-corrected chi connectivity index (χ4v) is 1.96. The lowest BCUT2D eigenvalue weighted by atomic mass is 10.1. The highest BCUT2D eigenvalue weighted by Gasteiger charge is 2.08. The first kappa shape index (κ1) is 12.1. The minimum absolute atomic E-state index is 0.492. The van der Waals surface area contributed by atoms with Crippen LogP contribution in [0.5, 0.6) is 0 Å². The zero-order valence-electron chi connectivity index (χ0n) is 11.0. The highest BCUT2D eigenvalue weighted by Crippen LogP contribution is 2.18. The van der Waals surface area contributed by atoms with Crippen molar-refractivity contribution in [1.82, 2.24) is 15.0 Å². The van der Waals surface area contributed by atoms with Gasteiger partial charge < -0.3 is 4.98 Å². The van der Waals surface area contributed by atoms with Crippen LogP contribution < -0.4 is 0 Å². The van der Waals surface area contributed by atoms with Crippen LogP contribution in [0.1, 0.15) is 17.0 Å². The maximum atomic E-state index is 9.32. The molecule has 0 saturated carbocycles. The molecule has 0 amide bonds. The first-order chi connectivity index (χ1) is 9.76. The van der Waals surface area contributed by atoms with Gasteiger partial charge in [-0.15, -0.1) is 0 Å². The molecule has 2 heterocycles. The molecule has 20 heavy (non-hydrogen) atoms. The standard InChI is InChI=1S/C16H12N4/c1-11-4-6-12(7-5-11)9-13(10-17)15-19-14-3-2-8-18-16(14)20-15/h2-9H,1H3,(H,18,19,20)/b13-9-. The Morgan fingerprint density at radius 3 is 2.75 bits per heavy atom. The van der Waals surface area contributed by atoms with Gasteiger partial charge in [0.15, 0.2) is 11.5 Å². The summed E-state index contributed by atoms with van der Waals surface area (Å²) in [6.07, 6.45) is 3.50. The Morgan fingerprint density at radius 1 is 1.25 bits per heavy atom. The fraction of sp³-hybridized carbons (Fsp3) is 0.0625. The molecule has 0 aliphatic heterocycles. The summed E-state index contributed by atoms with van der Waals surface area (Å²) in [5.41, 5.74) is 4.10. The van der Waals surface area contributed by atoms with Crippen molar-refractivity contribution in [2.45, 2.75) is 6.92 Å². The number of nitrogens with one attached hydrogen (secondary N) is 1. The van der Waals surface area contributed by atoms with E-state index in [1.807, 2.05) is 49.4 Å². The monoisotopic (exact) mass is 260 g/mol. The second-order valence-electron chi connectivity index (χ2n) is 4.54. The minimum Gasteiger partial charge on any atom is -0.336 e. The van der Waals surface area contributed by atoms with Gasteiger partial charge in [0.25, 0.3) is 0 Å². The number of imidazole rings is 1. The van der Waals surface area contributed by atoms with Gasteiger partial charge in [0.2, 0.25) is 0 Å².